The van der Waals surface area contributed by atoms with Crippen LogP contribution >= 0.6 is 0 Å². The zero-order chi connectivity index (χ0) is 13.0. The molecule has 0 aromatic carbocycles. The largest absolute Gasteiger partial charge is 0.383 e. The Morgan fingerprint density at radius 2 is 2.22 bits per heavy atom. The molecule has 1 saturated carbocycles. The van der Waals surface area contributed by atoms with E-state index >= 15 is 0 Å². The van der Waals surface area contributed by atoms with Crippen LogP contribution in [-0.4, -0.2) is 49.8 Å². The molecule has 0 N–H and O–H groups in total. The van der Waals surface area contributed by atoms with Gasteiger partial charge in [-0.2, -0.15) is 0 Å². The minimum Gasteiger partial charge on any atom is -0.383 e. The highest BCUT2D eigenvalue weighted by molar-refractivity contribution is 5.81. The quantitative estimate of drug-likeness (QED) is 0.752. The molecular formula is C14H25NO3. The van der Waals surface area contributed by atoms with Crippen molar-refractivity contribution < 1.29 is 14.3 Å². The van der Waals surface area contributed by atoms with E-state index in [-0.39, 0.29) is 12.0 Å². The Morgan fingerprint density at radius 3 is 2.78 bits per heavy atom. The number of nitrogens with zero attached hydrogens (tertiary/aromatic N) is 1. The highest BCUT2D eigenvalue weighted by Gasteiger charge is 2.34. The lowest BCUT2D eigenvalue weighted by molar-refractivity contribution is -0.144. The molecule has 0 bridgehead atoms. The van der Waals surface area contributed by atoms with Gasteiger partial charge in [0.1, 0.15) is 6.10 Å². The summed E-state index contributed by atoms with van der Waals surface area (Å²) in [7, 11) is 1.69. The van der Waals surface area contributed by atoms with E-state index in [0.717, 1.165) is 38.2 Å². The topological polar surface area (TPSA) is 38.8 Å². The molecule has 0 aromatic heterocycles. The van der Waals surface area contributed by atoms with E-state index in [1.54, 1.807) is 7.11 Å². The predicted molar refractivity (Wildman–Crippen MR) is 69.4 cm³/mol. The summed E-state index contributed by atoms with van der Waals surface area (Å²) >= 11 is 0. The molecule has 0 radical (unpaired) electrons. The third-order valence-electron chi connectivity index (χ3n) is 4.13. The van der Waals surface area contributed by atoms with E-state index in [0.29, 0.717) is 19.2 Å². The van der Waals surface area contributed by atoms with Crippen LogP contribution in [0.4, 0.5) is 0 Å². The lowest BCUT2D eigenvalue weighted by atomic mass is 10.1. The minimum atomic E-state index is -0.197. The Morgan fingerprint density at radius 1 is 1.39 bits per heavy atom. The first-order chi connectivity index (χ1) is 8.72. The molecule has 4 nitrogen and oxygen atoms in total. The number of ether oxygens (including phenoxy) is 2. The second kappa shape index (κ2) is 6.53. The van der Waals surface area contributed by atoms with Crippen LogP contribution in [0.5, 0.6) is 0 Å². The number of hydrogen-bond acceptors (Lipinski definition) is 3. The van der Waals surface area contributed by atoms with E-state index < -0.39 is 0 Å². The number of hydrogen-bond donors (Lipinski definition) is 0. The van der Waals surface area contributed by atoms with E-state index in [1.807, 2.05) is 4.90 Å². The highest BCUT2D eigenvalue weighted by Crippen LogP contribution is 2.30. The summed E-state index contributed by atoms with van der Waals surface area (Å²) in [5, 5.41) is 0. The normalized spacial score (nSPS) is 31.8. The molecule has 2 unspecified atom stereocenters. The van der Waals surface area contributed by atoms with Crippen LogP contribution in [0, 0.1) is 5.92 Å². The summed E-state index contributed by atoms with van der Waals surface area (Å²) in [4.78, 5) is 14.5. The van der Waals surface area contributed by atoms with Gasteiger partial charge in [-0.3, -0.25) is 4.79 Å². The van der Waals surface area contributed by atoms with Gasteiger partial charge in [-0.15, -0.1) is 0 Å². The molecule has 2 aliphatic rings. The Hall–Kier alpha value is -0.610. The number of rotatable bonds is 5. The van der Waals surface area contributed by atoms with Crippen molar-refractivity contribution in [3.63, 3.8) is 0 Å². The van der Waals surface area contributed by atoms with Crippen LogP contribution in [0.2, 0.25) is 0 Å². The van der Waals surface area contributed by atoms with Crippen molar-refractivity contribution >= 4 is 5.91 Å². The van der Waals surface area contributed by atoms with Gasteiger partial charge in [0.05, 0.1) is 6.61 Å². The Bertz CT molecular complexity index is 276. The molecule has 2 fully saturated rings. The maximum Gasteiger partial charge on any atom is 0.252 e. The third kappa shape index (κ3) is 3.23. The average molecular weight is 255 g/mol. The van der Waals surface area contributed by atoms with E-state index in [4.69, 9.17) is 9.47 Å². The maximum absolute atomic E-state index is 12.5. The van der Waals surface area contributed by atoms with Crippen molar-refractivity contribution in [2.45, 2.75) is 51.2 Å². The smallest absolute Gasteiger partial charge is 0.252 e. The summed E-state index contributed by atoms with van der Waals surface area (Å²) < 4.78 is 10.7. The molecular weight excluding hydrogens is 230 g/mol. The van der Waals surface area contributed by atoms with Crippen molar-refractivity contribution in [1.82, 2.24) is 4.90 Å². The first-order valence-corrected chi connectivity index (χ1v) is 7.13. The zero-order valence-electron chi connectivity index (χ0n) is 11.6. The molecule has 0 aromatic rings. The van der Waals surface area contributed by atoms with Gasteiger partial charge >= 0.3 is 0 Å². The van der Waals surface area contributed by atoms with Crippen molar-refractivity contribution in [2.24, 2.45) is 5.92 Å². The zero-order valence-corrected chi connectivity index (χ0v) is 11.6. The van der Waals surface area contributed by atoms with Crippen molar-refractivity contribution in [3.8, 4) is 0 Å². The lowest BCUT2D eigenvalue weighted by Crippen LogP contribution is -2.46. The molecule has 1 saturated heterocycles. The molecule has 1 aliphatic carbocycles. The Kier molecular flexibility index (Phi) is 5.01. The van der Waals surface area contributed by atoms with Crippen LogP contribution in [-0.2, 0) is 14.3 Å². The standard InChI is InChI=1S/C14H25NO3/c1-11-5-6-12(10-11)15(7-9-17-2)14(16)13-4-3-8-18-13/h11-13H,3-10H2,1-2H3/t11?,12?,13-/m0/s1. The molecule has 18 heavy (non-hydrogen) atoms. The first-order valence-electron chi connectivity index (χ1n) is 7.13. The average Bonchev–Trinajstić information content (AvgIpc) is 3.00. The fourth-order valence-corrected chi connectivity index (χ4v) is 3.08. The fraction of sp³-hybridized carbons (Fsp3) is 0.929. The molecule has 1 aliphatic heterocycles. The molecule has 0 spiro atoms. The predicted octanol–water partition coefficient (Wildman–Crippen LogP) is 1.83. The van der Waals surface area contributed by atoms with Crippen molar-refractivity contribution in [2.75, 3.05) is 26.9 Å². The fourth-order valence-electron chi connectivity index (χ4n) is 3.08. The van der Waals surface area contributed by atoms with Gasteiger partial charge in [-0.25, -0.2) is 0 Å². The molecule has 4 heteroatoms. The van der Waals surface area contributed by atoms with E-state index in [9.17, 15) is 4.79 Å². The van der Waals surface area contributed by atoms with Crippen molar-refractivity contribution in [1.29, 1.82) is 0 Å². The number of amides is 1. The summed E-state index contributed by atoms with van der Waals surface area (Å²) in [6.07, 6.45) is 5.18. The van der Waals surface area contributed by atoms with Crippen LogP contribution in [0.1, 0.15) is 39.0 Å². The van der Waals surface area contributed by atoms with Crippen LogP contribution in [0.15, 0.2) is 0 Å². The minimum absolute atomic E-state index is 0.184. The van der Waals surface area contributed by atoms with E-state index in [1.165, 1.54) is 6.42 Å². The van der Waals surface area contributed by atoms with E-state index in [2.05, 4.69) is 6.92 Å². The summed E-state index contributed by atoms with van der Waals surface area (Å²) in [6, 6.07) is 0.395. The summed E-state index contributed by atoms with van der Waals surface area (Å²) in [5.74, 6) is 0.918. The highest BCUT2D eigenvalue weighted by atomic mass is 16.5. The molecule has 1 amide bonds. The maximum atomic E-state index is 12.5. The van der Waals surface area contributed by atoms with Crippen LogP contribution < -0.4 is 0 Å². The number of carbonyl (C=O) groups is 1. The van der Waals surface area contributed by atoms with Gasteiger partial charge in [0, 0.05) is 26.3 Å². The Labute approximate surface area is 110 Å². The van der Waals surface area contributed by atoms with Crippen LogP contribution in [0.3, 0.4) is 0 Å². The van der Waals surface area contributed by atoms with Gasteiger partial charge in [-0.05, 0) is 38.0 Å². The second-order valence-electron chi connectivity index (χ2n) is 5.60. The third-order valence-corrected chi connectivity index (χ3v) is 4.13. The number of carbonyl (C=O) groups excluding carboxylic acids is 1. The monoisotopic (exact) mass is 255 g/mol. The lowest BCUT2D eigenvalue weighted by Gasteiger charge is -2.31. The summed E-state index contributed by atoms with van der Waals surface area (Å²) in [5.41, 5.74) is 0. The summed E-state index contributed by atoms with van der Waals surface area (Å²) in [6.45, 7) is 4.32. The van der Waals surface area contributed by atoms with Gasteiger partial charge in [0.2, 0.25) is 0 Å². The first kappa shape index (κ1) is 13.8. The second-order valence-corrected chi connectivity index (χ2v) is 5.60. The van der Waals surface area contributed by atoms with Gasteiger partial charge < -0.3 is 14.4 Å². The van der Waals surface area contributed by atoms with Gasteiger partial charge in [0.15, 0.2) is 0 Å². The Balaban J connectivity index is 1.96. The number of methoxy groups -OCH3 is 1. The van der Waals surface area contributed by atoms with Crippen LogP contribution in [0.25, 0.3) is 0 Å². The van der Waals surface area contributed by atoms with Crippen molar-refractivity contribution in [3.05, 3.63) is 0 Å². The molecule has 2 rings (SSSR count). The SMILES string of the molecule is COCCN(C(=O)[C@@H]1CCCO1)C1CCC(C)C1. The van der Waals surface area contributed by atoms with Gasteiger partial charge in [-0.1, -0.05) is 6.92 Å². The molecule has 3 atom stereocenters. The van der Waals surface area contributed by atoms with Gasteiger partial charge in [0.25, 0.3) is 5.91 Å². The molecule has 104 valence electrons. The molecule has 1 heterocycles.